The normalized spacial score (nSPS) is 29.4. The maximum Gasteiger partial charge on any atom is 0.252 e. The fourth-order valence-corrected chi connectivity index (χ4v) is 3.88. The quantitative estimate of drug-likeness (QED) is 0.776. The van der Waals surface area contributed by atoms with Crippen LogP contribution in [0.3, 0.4) is 0 Å². The van der Waals surface area contributed by atoms with Crippen LogP contribution >= 0.6 is 11.8 Å². The van der Waals surface area contributed by atoms with Gasteiger partial charge in [-0.05, 0) is 18.2 Å². The molecule has 1 aromatic carbocycles. The molecule has 3 nitrogen and oxygen atoms in total. The SMILES string of the molecule is CO[C@H]1C=CCS[C@@]12C=CC(=O)N2c1ccccc1. The molecule has 98 valence electrons. The minimum atomic E-state index is -0.456. The Morgan fingerprint density at radius 3 is 2.89 bits per heavy atom. The number of carbonyl (C=O) groups excluding carboxylic acids is 1. The molecule has 0 fully saturated rings. The number of para-hydroxylation sites is 1. The zero-order valence-corrected chi connectivity index (χ0v) is 11.5. The maximum absolute atomic E-state index is 12.3. The highest BCUT2D eigenvalue weighted by Gasteiger charge is 2.49. The molecule has 2 atom stereocenters. The Balaban J connectivity index is 2.07. The van der Waals surface area contributed by atoms with Gasteiger partial charge in [0.2, 0.25) is 0 Å². The van der Waals surface area contributed by atoms with Crippen LogP contribution < -0.4 is 4.90 Å². The molecule has 1 spiro atoms. The van der Waals surface area contributed by atoms with Gasteiger partial charge >= 0.3 is 0 Å². The fourth-order valence-electron chi connectivity index (χ4n) is 2.58. The topological polar surface area (TPSA) is 29.5 Å². The van der Waals surface area contributed by atoms with Crippen LogP contribution in [0.15, 0.2) is 54.6 Å². The number of amides is 1. The monoisotopic (exact) mass is 273 g/mol. The van der Waals surface area contributed by atoms with Crippen molar-refractivity contribution >= 4 is 23.4 Å². The Kier molecular flexibility index (Phi) is 3.21. The second-order valence-corrected chi connectivity index (χ2v) is 5.77. The molecule has 0 saturated heterocycles. The summed E-state index contributed by atoms with van der Waals surface area (Å²) in [4.78, 5) is 13.6. The molecule has 2 heterocycles. The molecule has 0 aliphatic carbocycles. The van der Waals surface area contributed by atoms with Crippen LogP contribution in [-0.4, -0.2) is 29.7 Å². The van der Waals surface area contributed by atoms with Crippen molar-refractivity contribution in [3.8, 4) is 0 Å². The Labute approximate surface area is 116 Å². The van der Waals surface area contributed by atoms with Gasteiger partial charge in [0.25, 0.3) is 5.91 Å². The van der Waals surface area contributed by atoms with Gasteiger partial charge in [-0.15, -0.1) is 11.8 Å². The fraction of sp³-hybridized carbons (Fsp3) is 0.267. The Morgan fingerprint density at radius 2 is 2.16 bits per heavy atom. The second kappa shape index (κ2) is 4.87. The number of thioether (sulfide) groups is 1. The summed E-state index contributed by atoms with van der Waals surface area (Å²) in [5.74, 6) is 0.886. The van der Waals surface area contributed by atoms with E-state index in [1.54, 1.807) is 24.9 Å². The zero-order chi connectivity index (χ0) is 13.3. The van der Waals surface area contributed by atoms with Crippen LogP contribution in [0, 0.1) is 0 Å². The summed E-state index contributed by atoms with van der Waals surface area (Å²) in [5, 5.41) is 0. The zero-order valence-electron chi connectivity index (χ0n) is 10.7. The first-order chi connectivity index (χ1) is 9.28. The molecule has 1 amide bonds. The van der Waals surface area contributed by atoms with E-state index in [2.05, 4.69) is 6.08 Å². The van der Waals surface area contributed by atoms with E-state index in [4.69, 9.17) is 4.74 Å². The number of methoxy groups -OCH3 is 1. The van der Waals surface area contributed by atoms with Crippen LogP contribution in [0.5, 0.6) is 0 Å². The average Bonchev–Trinajstić information content (AvgIpc) is 2.78. The lowest BCUT2D eigenvalue weighted by Crippen LogP contribution is -2.53. The number of rotatable bonds is 2. The lowest BCUT2D eigenvalue weighted by Gasteiger charge is -2.42. The van der Waals surface area contributed by atoms with Crippen molar-refractivity contribution in [3.05, 3.63) is 54.6 Å². The molecule has 0 saturated carbocycles. The molecule has 19 heavy (non-hydrogen) atoms. The number of carbonyl (C=O) groups is 1. The van der Waals surface area contributed by atoms with Gasteiger partial charge < -0.3 is 4.74 Å². The third kappa shape index (κ3) is 1.91. The Hall–Kier alpha value is -1.52. The van der Waals surface area contributed by atoms with Gasteiger partial charge in [0.05, 0.1) is 0 Å². The predicted octanol–water partition coefficient (Wildman–Crippen LogP) is 2.60. The van der Waals surface area contributed by atoms with E-state index < -0.39 is 4.87 Å². The van der Waals surface area contributed by atoms with Crippen molar-refractivity contribution in [1.29, 1.82) is 0 Å². The smallest absolute Gasteiger partial charge is 0.252 e. The molecule has 3 rings (SSSR count). The molecule has 4 heteroatoms. The number of benzene rings is 1. The first kappa shape index (κ1) is 12.5. The van der Waals surface area contributed by atoms with Crippen LogP contribution in [0.2, 0.25) is 0 Å². The molecule has 2 aliphatic rings. The summed E-state index contributed by atoms with van der Waals surface area (Å²) in [6.07, 6.45) is 7.60. The first-order valence-electron chi connectivity index (χ1n) is 6.20. The van der Waals surface area contributed by atoms with Crippen molar-refractivity contribution < 1.29 is 9.53 Å². The van der Waals surface area contributed by atoms with E-state index in [-0.39, 0.29) is 12.0 Å². The molecular weight excluding hydrogens is 258 g/mol. The van der Waals surface area contributed by atoms with Crippen molar-refractivity contribution in [1.82, 2.24) is 0 Å². The van der Waals surface area contributed by atoms with E-state index in [1.807, 2.05) is 47.4 Å². The number of nitrogens with zero attached hydrogens (tertiary/aromatic N) is 1. The van der Waals surface area contributed by atoms with Gasteiger partial charge in [-0.3, -0.25) is 9.69 Å². The summed E-state index contributed by atoms with van der Waals surface area (Å²) in [5.41, 5.74) is 0.905. The highest BCUT2D eigenvalue weighted by molar-refractivity contribution is 8.01. The lowest BCUT2D eigenvalue weighted by atomic mass is 10.1. The molecule has 0 N–H and O–H groups in total. The largest absolute Gasteiger partial charge is 0.374 e. The Bertz CT molecular complexity index is 540. The molecule has 0 radical (unpaired) electrons. The molecule has 0 bridgehead atoms. The summed E-state index contributed by atoms with van der Waals surface area (Å²) in [7, 11) is 1.68. The summed E-state index contributed by atoms with van der Waals surface area (Å²) in [6, 6.07) is 9.75. The number of hydrogen-bond donors (Lipinski definition) is 0. The van der Waals surface area contributed by atoms with Gasteiger partial charge in [0.1, 0.15) is 11.0 Å². The van der Waals surface area contributed by atoms with E-state index >= 15 is 0 Å². The van der Waals surface area contributed by atoms with E-state index in [9.17, 15) is 4.79 Å². The molecule has 2 aliphatic heterocycles. The summed E-state index contributed by atoms with van der Waals surface area (Å²) >= 11 is 1.72. The lowest BCUT2D eigenvalue weighted by molar-refractivity contribution is -0.114. The molecule has 0 unspecified atom stereocenters. The van der Waals surface area contributed by atoms with Gasteiger partial charge in [-0.1, -0.05) is 30.4 Å². The van der Waals surface area contributed by atoms with Gasteiger partial charge in [-0.25, -0.2) is 0 Å². The summed E-state index contributed by atoms with van der Waals surface area (Å²) in [6.45, 7) is 0. The van der Waals surface area contributed by atoms with Gasteiger partial charge in [0.15, 0.2) is 0 Å². The maximum atomic E-state index is 12.3. The Morgan fingerprint density at radius 1 is 1.37 bits per heavy atom. The second-order valence-electron chi connectivity index (χ2n) is 4.49. The van der Waals surface area contributed by atoms with Crippen molar-refractivity contribution in [3.63, 3.8) is 0 Å². The van der Waals surface area contributed by atoms with E-state index in [0.717, 1.165) is 11.4 Å². The number of anilines is 1. The highest BCUT2D eigenvalue weighted by Crippen LogP contribution is 2.44. The average molecular weight is 273 g/mol. The van der Waals surface area contributed by atoms with Crippen molar-refractivity contribution in [2.45, 2.75) is 11.0 Å². The van der Waals surface area contributed by atoms with Crippen molar-refractivity contribution in [2.75, 3.05) is 17.8 Å². The minimum Gasteiger partial charge on any atom is -0.374 e. The van der Waals surface area contributed by atoms with Crippen LogP contribution in [0.1, 0.15) is 0 Å². The van der Waals surface area contributed by atoms with E-state index in [0.29, 0.717) is 0 Å². The number of hydrogen-bond acceptors (Lipinski definition) is 3. The third-order valence-electron chi connectivity index (χ3n) is 3.43. The molecule has 0 aromatic heterocycles. The van der Waals surface area contributed by atoms with Crippen LogP contribution in [0.25, 0.3) is 0 Å². The van der Waals surface area contributed by atoms with Crippen LogP contribution in [0.4, 0.5) is 5.69 Å². The van der Waals surface area contributed by atoms with Crippen molar-refractivity contribution in [2.24, 2.45) is 0 Å². The van der Waals surface area contributed by atoms with Gasteiger partial charge in [0, 0.05) is 24.6 Å². The van der Waals surface area contributed by atoms with Crippen LogP contribution in [-0.2, 0) is 9.53 Å². The number of ether oxygens (including phenoxy) is 1. The summed E-state index contributed by atoms with van der Waals surface area (Å²) < 4.78 is 5.58. The predicted molar refractivity (Wildman–Crippen MR) is 78.2 cm³/mol. The molecular formula is C15H15NO2S. The standard InChI is InChI=1S/C15H15NO2S/c1-18-13-8-5-11-19-15(13)10-9-14(17)16(15)12-6-3-2-4-7-12/h2-10,13H,11H2,1H3/t13-,15-/m0/s1. The molecule has 1 aromatic rings. The first-order valence-corrected chi connectivity index (χ1v) is 7.18. The minimum absolute atomic E-state index is 0.0102. The van der Waals surface area contributed by atoms with Gasteiger partial charge in [-0.2, -0.15) is 0 Å². The third-order valence-corrected chi connectivity index (χ3v) is 4.80. The highest BCUT2D eigenvalue weighted by atomic mass is 32.2. The van der Waals surface area contributed by atoms with E-state index in [1.165, 1.54) is 0 Å².